The Morgan fingerprint density at radius 2 is 1.61 bits per heavy atom. The van der Waals surface area contributed by atoms with Gasteiger partial charge in [-0.05, 0) is 34.1 Å². The number of nitrogens with zero attached hydrogens (tertiary/aromatic N) is 2. The maximum atomic E-state index is 14.1. The van der Waals surface area contributed by atoms with Gasteiger partial charge >= 0.3 is 18.0 Å². The van der Waals surface area contributed by atoms with E-state index in [4.69, 9.17) is 14.2 Å². The third kappa shape index (κ3) is 7.75. The Morgan fingerprint density at radius 1 is 1.00 bits per heavy atom. The van der Waals surface area contributed by atoms with E-state index in [1.54, 1.807) is 17.3 Å². The summed E-state index contributed by atoms with van der Waals surface area (Å²) in [6, 6.07) is 15.0. The number of hydrogen-bond acceptors (Lipinski definition) is 9. The maximum Gasteiger partial charge on any atom is 0.407 e. The summed E-state index contributed by atoms with van der Waals surface area (Å²) in [5.74, 6) is -1.71. The predicted octanol–water partition coefficient (Wildman–Crippen LogP) is 6.36. The minimum atomic E-state index is -0.843. The molecule has 4 rings (SSSR count). The van der Waals surface area contributed by atoms with E-state index in [-0.39, 0.29) is 42.4 Å². The summed E-state index contributed by atoms with van der Waals surface area (Å²) >= 11 is 1.18. The Labute approximate surface area is 274 Å². The molecule has 1 aliphatic carbocycles. The monoisotopic (exact) mass is 649 g/mol. The third-order valence-electron chi connectivity index (χ3n) is 8.67. The highest BCUT2D eigenvalue weighted by Crippen LogP contribution is 2.44. The molecule has 10 nitrogen and oxygen atoms in total. The second-order valence-electron chi connectivity index (χ2n) is 12.0. The number of hydrogen-bond donors (Lipinski definition) is 1. The number of nitrogens with one attached hydrogen (secondary N) is 1. The zero-order valence-corrected chi connectivity index (χ0v) is 28.3. The lowest BCUT2D eigenvalue weighted by Gasteiger charge is -2.36. The van der Waals surface area contributed by atoms with Gasteiger partial charge in [-0.25, -0.2) is 14.6 Å². The minimum absolute atomic E-state index is 0.0425. The molecule has 4 unspecified atom stereocenters. The number of carbonyl (C=O) groups is 4. The maximum absolute atomic E-state index is 14.1. The van der Waals surface area contributed by atoms with Crippen molar-refractivity contribution in [1.29, 1.82) is 0 Å². The number of thiazole rings is 1. The van der Waals surface area contributed by atoms with Crippen LogP contribution in [0.5, 0.6) is 0 Å². The molecule has 0 aliphatic heterocycles. The van der Waals surface area contributed by atoms with Gasteiger partial charge in [-0.15, -0.1) is 11.3 Å². The fraction of sp³-hybridized carbons (Fsp3) is 0.457. The molecule has 3 aromatic rings. The van der Waals surface area contributed by atoms with Crippen molar-refractivity contribution in [2.75, 3.05) is 20.8 Å². The van der Waals surface area contributed by atoms with Crippen LogP contribution in [0, 0.1) is 11.8 Å². The van der Waals surface area contributed by atoms with E-state index < -0.39 is 36.2 Å². The zero-order chi connectivity index (χ0) is 33.5. The number of amides is 2. The molecule has 11 heteroatoms. The molecule has 0 radical (unpaired) electrons. The van der Waals surface area contributed by atoms with Crippen molar-refractivity contribution >= 4 is 35.3 Å². The molecule has 0 saturated heterocycles. The van der Waals surface area contributed by atoms with E-state index >= 15 is 0 Å². The Bertz CT molecular complexity index is 1510. The second-order valence-corrected chi connectivity index (χ2v) is 12.9. The number of esters is 2. The molecular weight excluding hydrogens is 606 g/mol. The first kappa shape index (κ1) is 34.6. The molecule has 1 aliphatic rings. The molecule has 1 heterocycles. The normalized spacial score (nSPS) is 14.8. The fourth-order valence-corrected chi connectivity index (χ4v) is 6.79. The van der Waals surface area contributed by atoms with Crippen molar-refractivity contribution in [1.82, 2.24) is 15.2 Å². The van der Waals surface area contributed by atoms with Crippen LogP contribution in [0.25, 0.3) is 11.1 Å². The molecule has 46 heavy (non-hydrogen) atoms. The van der Waals surface area contributed by atoms with Gasteiger partial charge in [0.25, 0.3) is 0 Å². The number of fused-ring (bicyclic) bond motifs is 3. The molecule has 2 amide bonds. The number of benzene rings is 2. The predicted molar refractivity (Wildman–Crippen MR) is 175 cm³/mol. The average molecular weight is 650 g/mol. The lowest BCUT2D eigenvalue weighted by molar-refractivity contribution is -0.148. The Balaban J connectivity index is 1.48. The van der Waals surface area contributed by atoms with E-state index in [0.717, 1.165) is 22.3 Å². The average Bonchev–Trinajstić information content (AvgIpc) is 3.66. The molecule has 0 saturated carbocycles. The van der Waals surface area contributed by atoms with Gasteiger partial charge in [0.1, 0.15) is 17.7 Å². The number of aromatic nitrogens is 1. The van der Waals surface area contributed by atoms with Gasteiger partial charge in [0.05, 0.1) is 7.11 Å². The van der Waals surface area contributed by atoms with Gasteiger partial charge < -0.3 is 24.4 Å². The number of ether oxygens (including phenoxy) is 3. The third-order valence-corrected chi connectivity index (χ3v) is 9.60. The first-order valence-corrected chi connectivity index (χ1v) is 16.4. The molecule has 1 aromatic heterocycles. The van der Waals surface area contributed by atoms with Crippen molar-refractivity contribution in [3.05, 3.63) is 75.7 Å². The van der Waals surface area contributed by atoms with Gasteiger partial charge in [0.15, 0.2) is 11.8 Å². The quantitative estimate of drug-likeness (QED) is 0.168. The molecular formula is C35H43N3O7S. The van der Waals surface area contributed by atoms with Crippen LogP contribution in [0.4, 0.5) is 4.79 Å². The summed E-state index contributed by atoms with van der Waals surface area (Å²) in [5, 5.41) is 4.83. The van der Waals surface area contributed by atoms with Gasteiger partial charge in [-0.2, -0.15) is 0 Å². The van der Waals surface area contributed by atoms with Crippen molar-refractivity contribution in [2.24, 2.45) is 11.8 Å². The standard InChI is InChI=1S/C35H43N3O7S/c1-8-21(4)31(37-35(42)44-18-27-25-15-11-9-13-23(25)24-14-10-12-16-26(24)27)33(40)38(6)29(20(2)3)17-30(45-22(5)39)32-36-28(19-46-32)34(41)43-7/h9-16,19-21,27,29-31H,8,17-18H2,1-7H3,(H,37,42). The van der Waals surface area contributed by atoms with Gasteiger partial charge in [-0.1, -0.05) is 82.6 Å². The lowest BCUT2D eigenvalue weighted by Crippen LogP contribution is -2.54. The summed E-state index contributed by atoms with van der Waals surface area (Å²) in [5.41, 5.74) is 4.59. The van der Waals surface area contributed by atoms with Crippen LogP contribution < -0.4 is 5.32 Å². The van der Waals surface area contributed by atoms with Gasteiger partial charge in [0.2, 0.25) is 5.91 Å². The van der Waals surface area contributed by atoms with E-state index in [9.17, 15) is 19.2 Å². The summed E-state index contributed by atoms with van der Waals surface area (Å²) in [7, 11) is 2.96. The smallest absolute Gasteiger partial charge is 0.407 e. The summed E-state index contributed by atoms with van der Waals surface area (Å²) in [6.45, 7) is 9.25. The molecule has 4 atom stereocenters. The lowest BCUT2D eigenvalue weighted by atomic mass is 9.93. The van der Waals surface area contributed by atoms with Crippen LogP contribution >= 0.6 is 11.3 Å². The number of methoxy groups -OCH3 is 1. The number of likely N-dealkylation sites (N-methyl/N-ethyl adjacent to an activating group) is 1. The molecule has 2 aromatic carbocycles. The van der Waals surface area contributed by atoms with Crippen molar-refractivity contribution < 1.29 is 33.4 Å². The molecule has 0 fully saturated rings. The fourth-order valence-electron chi connectivity index (χ4n) is 5.96. The summed E-state index contributed by atoms with van der Waals surface area (Å²) in [6.07, 6.45) is -0.566. The van der Waals surface area contributed by atoms with Crippen molar-refractivity contribution in [3.8, 4) is 11.1 Å². The first-order valence-electron chi connectivity index (χ1n) is 15.6. The van der Waals surface area contributed by atoms with E-state index in [1.807, 2.05) is 52.0 Å². The molecule has 246 valence electrons. The summed E-state index contributed by atoms with van der Waals surface area (Å²) < 4.78 is 16.2. The Kier molecular flexibility index (Phi) is 11.6. The van der Waals surface area contributed by atoms with Crippen LogP contribution in [0.3, 0.4) is 0 Å². The first-order chi connectivity index (χ1) is 22.0. The Hall–Kier alpha value is -4.25. The van der Waals surface area contributed by atoms with E-state index in [2.05, 4.69) is 34.6 Å². The number of rotatable bonds is 13. The van der Waals surface area contributed by atoms with Crippen molar-refractivity contribution in [2.45, 2.75) is 71.6 Å². The SMILES string of the molecule is CCC(C)C(NC(=O)OCC1c2ccccc2-c2ccccc21)C(=O)N(C)C(CC(OC(C)=O)c1nc(C(=O)OC)cs1)C(C)C. The van der Waals surface area contributed by atoms with Crippen LogP contribution in [-0.4, -0.2) is 66.7 Å². The van der Waals surface area contributed by atoms with Crippen molar-refractivity contribution in [3.63, 3.8) is 0 Å². The minimum Gasteiger partial charge on any atom is -0.464 e. The largest absolute Gasteiger partial charge is 0.464 e. The highest BCUT2D eigenvalue weighted by molar-refractivity contribution is 7.09. The number of alkyl carbamates (subject to hydrolysis) is 1. The molecule has 0 bridgehead atoms. The van der Waals surface area contributed by atoms with Crippen LogP contribution in [-0.2, 0) is 23.8 Å². The van der Waals surface area contributed by atoms with E-state index in [1.165, 1.54) is 25.4 Å². The van der Waals surface area contributed by atoms with Crippen LogP contribution in [0.1, 0.15) is 86.1 Å². The topological polar surface area (TPSA) is 124 Å². The van der Waals surface area contributed by atoms with E-state index in [0.29, 0.717) is 11.4 Å². The summed E-state index contributed by atoms with van der Waals surface area (Å²) in [4.78, 5) is 57.3. The molecule has 0 spiro atoms. The number of carbonyl (C=O) groups excluding carboxylic acids is 4. The zero-order valence-electron chi connectivity index (χ0n) is 27.4. The van der Waals surface area contributed by atoms with Gasteiger partial charge in [-0.3, -0.25) is 9.59 Å². The van der Waals surface area contributed by atoms with Crippen LogP contribution in [0.15, 0.2) is 53.9 Å². The van der Waals surface area contributed by atoms with Crippen LogP contribution in [0.2, 0.25) is 0 Å². The highest BCUT2D eigenvalue weighted by Gasteiger charge is 2.36. The molecule has 1 N–H and O–H groups in total. The Morgan fingerprint density at radius 3 is 2.15 bits per heavy atom. The highest BCUT2D eigenvalue weighted by atomic mass is 32.1. The van der Waals surface area contributed by atoms with Gasteiger partial charge in [0, 0.05) is 37.7 Å². The second kappa shape index (κ2) is 15.4.